The highest BCUT2D eigenvalue weighted by atomic mass is 32.1. The summed E-state index contributed by atoms with van der Waals surface area (Å²) < 4.78 is 29.7. The molecule has 4 aromatic carbocycles. The zero-order valence-corrected chi connectivity index (χ0v) is 35.8. The molecule has 6 rings (SSSR count). The van der Waals surface area contributed by atoms with Gasteiger partial charge in [-0.25, -0.2) is 14.6 Å². The molecule has 0 saturated carbocycles. The van der Waals surface area contributed by atoms with Crippen LogP contribution in [0.1, 0.15) is 76.6 Å². The second-order valence-electron chi connectivity index (χ2n) is 16.3. The molecule has 0 saturated heterocycles. The molecule has 2 N–H and O–H groups in total. The Morgan fingerprint density at radius 2 is 1.49 bits per heavy atom. The van der Waals surface area contributed by atoms with Crippen molar-refractivity contribution in [2.45, 2.75) is 90.9 Å². The third kappa shape index (κ3) is 11.4. The number of rotatable bonds is 15. The predicted molar refractivity (Wildman–Crippen MR) is 230 cm³/mol. The van der Waals surface area contributed by atoms with Crippen molar-refractivity contribution in [2.75, 3.05) is 32.2 Å². The Balaban J connectivity index is 1.28. The molecule has 3 amide bonds. The number of aromatic nitrogens is 1. The maximum Gasteiger partial charge on any atom is 0.413 e. The number of carbonyl (C=O) groups is 3. The maximum atomic E-state index is 14.9. The minimum atomic E-state index is -1.04. The standard InChI is InChI=1S/C46H54N4O8S/c1-9-55-39(54-8)27-50(26-30-15-14-20-38-40(30)48-42(59-38)49-44(53)58-46(5,6)7)41(51)37(25-29-21-23-31(24-22-29)57-45(2,3)4)47-43(52)56-28-36-34-18-12-10-16-32(34)33-17-11-13-19-35(33)36/h10-24,36-37,39H,9,25-28H2,1-8H3,(H,47,52)(H,48,49,53)/t37-,39?/m0/s1. The summed E-state index contributed by atoms with van der Waals surface area (Å²) in [6.45, 7) is 13.7. The molecule has 1 aromatic heterocycles. The monoisotopic (exact) mass is 822 g/mol. The van der Waals surface area contributed by atoms with E-state index < -0.39 is 35.7 Å². The fourth-order valence-corrected chi connectivity index (χ4v) is 7.96. The Kier molecular flexibility index (Phi) is 13.6. The molecule has 1 heterocycles. The molecule has 13 heteroatoms. The number of ether oxygens (including phenoxy) is 5. The van der Waals surface area contributed by atoms with Gasteiger partial charge in [-0.15, -0.1) is 0 Å². The molecule has 0 radical (unpaired) electrons. The Morgan fingerprint density at radius 3 is 2.10 bits per heavy atom. The summed E-state index contributed by atoms with van der Waals surface area (Å²) in [6.07, 6.45) is -1.93. The average molecular weight is 823 g/mol. The lowest BCUT2D eigenvalue weighted by atomic mass is 9.98. The molecule has 0 spiro atoms. The first kappa shape index (κ1) is 43.1. The van der Waals surface area contributed by atoms with E-state index in [0.717, 1.165) is 38.1 Å². The van der Waals surface area contributed by atoms with Crippen LogP contribution in [0.15, 0.2) is 91.0 Å². The number of anilines is 1. The summed E-state index contributed by atoms with van der Waals surface area (Å²) >= 11 is 1.30. The van der Waals surface area contributed by atoms with Crippen LogP contribution in [0.2, 0.25) is 0 Å². The van der Waals surface area contributed by atoms with Gasteiger partial charge in [0.05, 0.1) is 16.8 Å². The Bertz CT molecular complexity index is 2200. The zero-order chi connectivity index (χ0) is 42.3. The number of thiazole rings is 1. The molecule has 0 fully saturated rings. The van der Waals surface area contributed by atoms with E-state index in [-0.39, 0.29) is 37.9 Å². The van der Waals surface area contributed by atoms with Gasteiger partial charge in [0.15, 0.2) is 11.4 Å². The van der Waals surface area contributed by atoms with Crippen LogP contribution in [0.5, 0.6) is 5.75 Å². The van der Waals surface area contributed by atoms with Crippen molar-refractivity contribution in [3.63, 3.8) is 0 Å². The van der Waals surface area contributed by atoms with Crippen molar-refractivity contribution in [1.82, 2.24) is 15.2 Å². The van der Waals surface area contributed by atoms with E-state index in [1.54, 1.807) is 25.7 Å². The number of alkyl carbamates (subject to hydrolysis) is 1. The number of methoxy groups -OCH3 is 1. The minimum absolute atomic E-state index is 0.0495. The van der Waals surface area contributed by atoms with Gasteiger partial charge in [-0.2, -0.15) is 0 Å². The van der Waals surface area contributed by atoms with Gasteiger partial charge in [-0.3, -0.25) is 10.1 Å². The largest absolute Gasteiger partial charge is 0.488 e. The first-order chi connectivity index (χ1) is 28.1. The van der Waals surface area contributed by atoms with Crippen molar-refractivity contribution in [3.8, 4) is 16.9 Å². The first-order valence-electron chi connectivity index (χ1n) is 19.8. The summed E-state index contributed by atoms with van der Waals surface area (Å²) in [4.78, 5) is 47.7. The van der Waals surface area contributed by atoms with Crippen LogP contribution >= 0.6 is 11.3 Å². The van der Waals surface area contributed by atoms with E-state index in [2.05, 4.69) is 34.9 Å². The molecule has 2 atom stereocenters. The van der Waals surface area contributed by atoms with Gasteiger partial charge in [0, 0.05) is 32.6 Å². The van der Waals surface area contributed by atoms with Gasteiger partial charge in [0.1, 0.15) is 29.6 Å². The molecule has 1 unspecified atom stereocenters. The normalized spacial score (nSPS) is 13.6. The smallest absolute Gasteiger partial charge is 0.413 e. The number of carbonyl (C=O) groups excluding carboxylic acids is 3. The van der Waals surface area contributed by atoms with Gasteiger partial charge in [-0.1, -0.05) is 84.1 Å². The van der Waals surface area contributed by atoms with Crippen LogP contribution in [0.3, 0.4) is 0 Å². The predicted octanol–water partition coefficient (Wildman–Crippen LogP) is 9.31. The number of hydrogen-bond acceptors (Lipinski definition) is 10. The zero-order valence-electron chi connectivity index (χ0n) is 35.0. The molecular formula is C46H54N4O8S. The second-order valence-corrected chi connectivity index (χ2v) is 17.4. The summed E-state index contributed by atoms with van der Waals surface area (Å²) in [5.74, 6) is 0.150. The van der Waals surface area contributed by atoms with Gasteiger partial charge in [0.25, 0.3) is 0 Å². The number of para-hydroxylation sites is 1. The SMILES string of the molecule is CCOC(CN(Cc1cccc2sc(NC(=O)OC(C)(C)C)nc12)C(=O)[C@H](Cc1ccc(OC(C)(C)C)cc1)NC(=O)OCC1c2ccccc2-c2ccccc21)OC. The first-order valence-corrected chi connectivity index (χ1v) is 20.6. The van der Waals surface area contributed by atoms with Crippen molar-refractivity contribution in [2.24, 2.45) is 0 Å². The molecule has 312 valence electrons. The lowest BCUT2D eigenvalue weighted by molar-refractivity contribution is -0.153. The van der Waals surface area contributed by atoms with E-state index in [0.29, 0.717) is 23.0 Å². The topological polar surface area (TPSA) is 138 Å². The molecule has 1 aliphatic rings. The number of fused-ring (bicyclic) bond motifs is 4. The maximum absolute atomic E-state index is 14.9. The van der Waals surface area contributed by atoms with Crippen LogP contribution < -0.4 is 15.4 Å². The van der Waals surface area contributed by atoms with Gasteiger partial charge in [-0.05, 0) is 100 Å². The molecule has 1 aliphatic carbocycles. The molecule has 59 heavy (non-hydrogen) atoms. The molecule has 12 nitrogen and oxygen atoms in total. The number of nitrogens with zero attached hydrogens (tertiary/aromatic N) is 2. The molecule has 5 aromatic rings. The van der Waals surface area contributed by atoms with Crippen LogP contribution in [0.4, 0.5) is 14.7 Å². The summed E-state index contributed by atoms with van der Waals surface area (Å²) in [6, 6.07) is 28.3. The Morgan fingerprint density at radius 1 is 0.831 bits per heavy atom. The van der Waals surface area contributed by atoms with Crippen molar-refractivity contribution >= 4 is 44.8 Å². The lowest BCUT2D eigenvalue weighted by Crippen LogP contribution is -2.51. The highest BCUT2D eigenvalue weighted by Gasteiger charge is 2.32. The summed E-state index contributed by atoms with van der Waals surface area (Å²) in [7, 11) is 1.52. The third-order valence-electron chi connectivity index (χ3n) is 9.49. The summed E-state index contributed by atoms with van der Waals surface area (Å²) in [5.41, 5.74) is 5.46. The van der Waals surface area contributed by atoms with Gasteiger partial charge in [0.2, 0.25) is 5.91 Å². The van der Waals surface area contributed by atoms with Crippen LogP contribution in [-0.2, 0) is 36.7 Å². The van der Waals surface area contributed by atoms with E-state index >= 15 is 0 Å². The minimum Gasteiger partial charge on any atom is -0.488 e. The second kappa shape index (κ2) is 18.6. The fraction of sp³-hybridized carbons (Fsp3) is 0.391. The van der Waals surface area contributed by atoms with Crippen LogP contribution in [0, 0.1) is 0 Å². The lowest BCUT2D eigenvalue weighted by Gasteiger charge is -2.31. The quantitative estimate of drug-likeness (QED) is 0.0990. The van der Waals surface area contributed by atoms with Crippen LogP contribution in [0.25, 0.3) is 21.3 Å². The van der Waals surface area contributed by atoms with E-state index in [4.69, 9.17) is 28.7 Å². The molecule has 0 aliphatic heterocycles. The van der Waals surface area contributed by atoms with E-state index in [1.807, 2.05) is 94.4 Å². The van der Waals surface area contributed by atoms with Gasteiger partial charge < -0.3 is 33.9 Å². The van der Waals surface area contributed by atoms with Crippen molar-refractivity contribution in [1.29, 1.82) is 0 Å². The van der Waals surface area contributed by atoms with Gasteiger partial charge >= 0.3 is 12.2 Å². The summed E-state index contributed by atoms with van der Waals surface area (Å²) in [5, 5.41) is 6.01. The highest BCUT2D eigenvalue weighted by Crippen LogP contribution is 2.44. The number of amides is 3. The molecular weight excluding hydrogens is 769 g/mol. The van der Waals surface area contributed by atoms with E-state index in [9.17, 15) is 14.4 Å². The Labute approximate surface area is 350 Å². The van der Waals surface area contributed by atoms with E-state index in [1.165, 1.54) is 18.4 Å². The third-order valence-corrected chi connectivity index (χ3v) is 10.4. The van der Waals surface area contributed by atoms with Crippen molar-refractivity contribution in [3.05, 3.63) is 113 Å². The molecule has 0 bridgehead atoms. The fourth-order valence-electron chi connectivity index (χ4n) is 7.06. The van der Waals surface area contributed by atoms with Crippen LogP contribution in [-0.4, -0.2) is 78.4 Å². The number of nitrogens with one attached hydrogen (secondary N) is 2. The van der Waals surface area contributed by atoms with Crippen molar-refractivity contribution < 1.29 is 38.1 Å². The average Bonchev–Trinajstić information content (AvgIpc) is 3.74. The Hall–Kier alpha value is -5.50. The highest BCUT2D eigenvalue weighted by molar-refractivity contribution is 7.22. The number of hydrogen-bond donors (Lipinski definition) is 2. The number of benzene rings is 4.